The van der Waals surface area contributed by atoms with Crippen molar-refractivity contribution in [2.75, 3.05) is 25.6 Å². The fraction of sp³-hybridized carbons (Fsp3) is 0.667. The Hall–Kier alpha value is -0.940. The topological polar surface area (TPSA) is 38.4 Å². The van der Waals surface area contributed by atoms with E-state index in [4.69, 9.17) is 0 Å². The zero-order chi connectivity index (χ0) is 11.9. The molecule has 1 aromatic heterocycles. The highest BCUT2D eigenvalue weighted by atomic mass is 15.4. The lowest BCUT2D eigenvalue weighted by molar-refractivity contribution is 0.467. The SMILES string of the molecule is CB1N(C)CN(c2[nH]ncc2C)B(C)N1C. The predicted octanol–water partition coefficient (Wildman–Crippen LogP) is 0.595. The summed E-state index contributed by atoms with van der Waals surface area (Å²) in [6.45, 7) is 8.32. The summed E-state index contributed by atoms with van der Waals surface area (Å²) in [7, 11) is 4.30. The van der Waals surface area contributed by atoms with Crippen LogP contribution in [0.15, 0.2) is 6.20 Å². The maximum Gasteiger partial charge on any atom is 0.331 e. The number of rotatable bonds is 1. The molecule has 16 heavy (non-hydrogen) atoms. The van der Waals surface area contributed by atoms with Crippen molar-refractivity contribution in [3.8, 4) is 0 Å². The second kappa shape index (κ2) is 4.14. The molecule has 86 valence electrons. The summed E-state index contributed by atoms with van der Waals surface area (Å²) in [6, 6.07) is 0. The van der Waals surface area contributed by atoms with E-state index in [1.165, 1.54) is 5.56 Å². The van der Waals surface area contributed by atoms with Crippen molar-refractivity contribution in [1.82, 2.24) is 19.7 Å². The van der Waals surface area contributed by atoms with Crippen LogP contribution in [0.1, 0.15) is 5.56 Å². The third-order valence-corrected chi connectivity index (χ3v) is 3.73. The standard InChI is InChI=1S/C9H19B2N5/c1-8-6-12-13-9(8)16-7-14(4)10(2)15(5)11(16)3/h6H,7H2,1-5H3,(H,12,13). The van der Waals surface area contributed by atoms with Crippen LogP contribution in [-0.2, 0) is 0 Å². The molecule has 0 spiro atoms. The van der Waals surface area contributed by atoms with Crippen LogP contribution in [-0.4, -0.2) is 54.5 Å². The molecule has 2 rings (SSSR count). The summed E-state index contributed by atoms with van der Waals surface area (Å²) in [5, 5.41) is 7.18. The van der Waals surface area contributed by atoms with Gasteiger partial charge in [0.25, 0.3) is 6.98 Å². The number of aromatic nitrogens is 2. The van der Waals surface area contributed by atoms with Gasteiger partial charge in [-0.1, -0.05) is 13.6 Å². The molecule has 1 aliphatic heterocycles. The minimum atomic E-state index is 0.380. The van der Waals surface area contributed by atoms with Crippen LogP contribution >= 0.6 is 0 Å². The molecule has 0 saturated carbocycles. The number of anilines is 1. The van der Waals surface area contributed by atoms with Crippen LogP contribution in [0.3, 0.4) is 0 Å². The zero-order valence-corrected chi connectivity index (χ0v) is 10.7. The number of H-pyrrole nitrogens is 1. The molecule has 1 fully saturated rings. The van der Waals surface area contributed by atoms with Gasteiger partial charge in [0.2, 0.25) is 0 Å². The van der Waals surface area contributed by atoms with Gasteiger partial charge in [0.05, 0.1) is 12.9 Å². The van der Waals surface area contributed by atoms with Gasteiger partial charge in [0, 0.05) is 5.56 Å². The summed E-state index contributed by atoms with van der Waals surface area (Å²) in [6.07, 6.45) is 1.88. The van der Waals surface area contributed by atoms with Gasteiger partial charge in [0.15, 0.2) is 0 Å². The molecule has 2 heterocycles. The number of aryl methyl sites for hydroxylation is 1. The molecule has 0 bridgehead atoms. The van der Waals surface area contributed by atoms with E-state index in [1.807, 2.05) is 6.20 Å². The van der Waals surface area contributed by atoms with Crippen LogP contribution < -0.4 is 4.81 Å². The van der Waals surface area contributed by atoms with Crippen molar-refractivity contribution in [2.45, 2.75) is 20.6 Å². The Balaban J connectivity index is 2.26. The van der Waals surface area contributed by atoms with Gasteiger partial charge in [-0.05, 0) is 21.0 Å². The Morgan fingerprint density at radius 1 is 1.31 bits per heavy atom. The lowest BCUT2D eigenvalue weighted by atomic mass is 9.58. The molecule has 0 aromatic carbocycles. The van der Waals surface area contributed by atoms with E-state index in [-0.39, 0.29) is 0 Å². The number of hydrogen-bond donors (Lipinski definition) is 1. The maximum atomic E-state index is 4.10. The van der Waals surface area contributed by atoms with Crippen molar-refractivity contribution in [2.24, 2.45) is 0 Å². The van der Waals surface area contributed by atoms with Crippen LogP contribution in [0.4, 0.5) is 5.82 Å². The van der Waals surface area contributed by atoms with E-state index >= 15 is 0 Å². The minimum absolute atomic E-state index is 0.380. The Labute approximate surface area is 98.0 Å². The lowest BCUT2D eigenvalue weighted by Gasteiger charge is -2.46. The van der Waals surface area contributed by atoms with E-state index in [2.05, 4.69) is 59.2 Å². The molecule has 1 N–H and O–H groups in total. The first-order chi connectivity index (χ1) is 7.52. The van der Waals surface area contributed by atoms with E-state index in [1.54, 1.807) is 0 Å². The highest BCUT2D eigenvalue weighted by Crippen LogP contribution is 2.22. The molecule has 5 nitrogen and oxygen atoms in total. The van der Waals surface area contributed by atoms with Gasteiger partial charge >= 0.3 is 6.98 Å². The van der Waals surface area contributed by atoms with Gasteiger partial charge in [-0.15, -0.1) is 0 Å². The Morgan fingerprint density at radius 3 is 2.56 bits per heavy atom. The van der Waals surface area contributed by atoms with Crippen LogP contribution in [0.5, 0.6) is 0 Å². The van der Waals surface area contributed by atoms with E-state index in [0.717, 1.165) is 12.5 Å². The minimum Gasteiger partial charge on any atom is -0.375 e. The third kappa shape index (κ3) is 1.74. The van der Waals surface area contributed by atoms with Gasteiger partial charge in [0.1, 0.15) is 5.82 Å². The van der Waals surface area contributed by atoms with Gasteiger partial charge in [-0.2, -0.15) is 5.10 Å². The molecule has 0 radical (unpaired) electrons. The largest absolute Gasteiger partial charge is 0.375 e. The molecule has 0 aliphatic carbocycles. The van der Waals surface area contributed by atoms with Gasteiger partial charge in [-0.25, -0.2) is 0 Å². The summed E-state index contributed by atoms with van der Waals surface area (Å²) in [5.41, 5.74) is 1.20. The number of hydrogen-bond acceptors (Lipinski definition) is 4. The number of aromatic amines is 1. The van der Waals surface area contributed by atoms with Crippen molar-refractivity contribution in [1.29, 1.82) is 0 Å². The van der Waals surface area contributed by atoms with Crippen molar-refractivity contribution in [3.63, 3.8) is 0 Å². The highest BCUT2D eigenvalue weighted by Gasteiger charge is 2.37. The summed E-state index contributed by atoms with van der Waals surface area (Å²) in [5.74, 6) is 1.12. The lowest BCUT2D eigenvalue weighted by Crippen LogP contribution is -2.67. The fourth-order valence-corrected chi connectivity index (χ4v) is 2.21. The van der Waals surface area contributed by atoms with E-state index in [9.17, 15) is 0 Å². The normalized spacial score (nSPS) is 19.7. The fourth-order valence-electron chi connectivity index (χ4n) is 2.21. The molecule has 0 unspecified atom stereocenters. The van der Waals surface area contributed by atoms with Gasteiger partial charge < -0.3 is 14.3 Å². The maximum absolute atomic E-state index is 4.10. The highest BCUT2D eigenvalue weighted by molar-refractivity contribution is 6.73. The average molecular weight is 219 g/mol. The third-order valence-electron chi connectivity index (χ3n) is 3.73. The van der Waals surface area contributed by atoms with Crippen LogP contribution in [0.2, 0.25) is 13.6 Å². The second-order valence-corrected chi connectivity index (χ2v) is 4.70. The molecule has 0 amide bonds. The van der Waals surface area contributed by atoms with Crippen molar-refractivity contribution >= 4 is 19.8 Å². The first-order valence-corrected chi connectivity index (χ1v) is 5.71. The molecular formula is C9H19B2N5. The summed E-state index contributed by atoms with van der Waals surface area (Å²) in [4.78, 5) is 4.66. The Morgan fingerprint density at radius 2 is 2.00 bits per heavy atom. The predicted molar refractivity (Wildman–Crippen MR) is 69.4 cm³/mol. The zero-order valence-electron chi connectivity index (χ0n) is 10.7. The first-order valence-electron chi connectivity index (χ1n) is 5.71. The molecule has 0 atom stereocenters. The van der Waals surface area contributed by atoms with Crippen LogP contribution in [0.25, 0.3) is 0 Å². The Bertz CT molecular complexity index is 369. The second-order valence-electron chi connectivity index (χ2n) is 4.70. The molecule has 1 saturated heterocycles. The average Bonchev–Trinajstić information content (AvgIpc) is 2.67. The number of nitrogens with zero attached hydrogens (tertiary/aromatic N) is 4. The molecular weight excluding hydrogens is 200 g/mol. The molecule has 7 heteroatoms. The quantitative estimate of drug-likeness (QED) is 0.701. The van der Waals surface area contributed by atoms with Crippen molar-refractivity contribution in [3.05, 3.63) is 11.8 Å². The van der Waals surface area contributed by atoms with Crippen LogP contribution in [0, 0.1) is 6.92 Å². The smallest absolute Gasteiger partial charge is 0.331 e. The van der Waals surface area contributed by atoms with E-state index < -0.39 is 0 Å². The molecule has 1 aliphatic rings. The number of nitrogens with one attached hydrogen (secondary N) is 1. The molecule has 1 aromatic rings. The Kier molecular flexibility index (Phi) is 2.99. The van der Waals surface area contributed by atoms with Gasteiger partial charge in [-0.3, -0.25) is 5.10 Å². The monoisotopic (exact) mass is 219 g/mol. The summed E-state index contributed by atoms with van der Waals surface area (Å²) < 4.78 is 2.35. The first kappa shape index (κ1) is 11.5. The van der Waals surface area contributed by atoms with E-state index in [0.29, 0.717) is 14.0 Å². The van der Waals surface area contributed by atoms with Crippen molar-refractivity contribution < 1.29 is 0 Å². The summed E-state index contributed by atoms with van der Waals surface area (Å²) >= 11 is 0.